The van der Waals surface area contributed by atoms with Crippen molar-refractivity contribution in [2.24, 2.45) is 0 Å². The molecule has 0 aliphatic heterocycles. The van der Waals surface area contributed by atoms with Crippen molar-refractivity contribution in [3.8, 4) is 0 Å². The Kier molecular flexibility index (Phi) is 13.4. The number of esters is 2. The first kappa shape index (κ1) is 31.4. The zero-order valence-corrected chi connectivity index (χ0v) is 24.7. The van der Waals surface area contributed by atoms with Gasteiger partial charge in [0.2, 0.25) is 0 Å². The molecule has 38 heavy (non-hydrogen) atoms. The molecule has 0 heterocycles. The Morgan fingerprint density at radius 1 is 0.947 bits per heavy atom. The van der Waals surface area contributed by atoms with Crippen molar-refractivity contribution in [1.82, 2.24) is 4.90 Å². The van der Waals surface area contributed by atoms with Crippen molar-refractivity contribution in [1.29, 1.82) is 0 Å². The summed E-state index contributed by atoms with van der Waals surface area (Å²) in [6, 6.07) is 18.6. The molecule has 0 unspecified atom stereocenters. The number of hydrogen-bond acceptors (Lipinski definition) is 7. The van der Waals surface area contributed by atoms with Gasteiger partial charge in [-0.15, -0.1) is 0 Å². The number of para-hydroxylation sites is 2. The average Bonchev–Trinajstić information content (AvgIpc) is 2.87. The summed E-state index contributed by atoms with van der Waals surface area (Å²) >= 11 is 15.4. The van der Waals surface area contributed by atoms with E-state index in [0.717, 1.165) is 16.9 Å². The molecule has 0 aliphatic carbocycles. The Labute approximate surface area is 242 Å². The normalized spacial score (nSPS) is 10.4. The highest BCUT2D eigenvalue weighted by Crippen LogP contribution is 2.32. The zero-order valence-electron chi connectivity index (χ0n) is 21.6. The van der Waals surface area contributed by atoms with E-state index >= 15 is 0 Å². The predicted molar refractivity (Wildman–Crippen MR) is 158 cm³/mol. The van der Waals surface area contributed by atoms with Gasteiger partial charge in [0.25, 0.3) is 0 Å². The smallest absolute Gasteiger partial charge is 0.338 e. The molecule has 0 atom stereocenters. The third kappa shape index (κ3) is 10.9. The third-order valence-corrected chi connectivity index (χ3v) is 6.31. The highest BCUT2D eigenvalue weighted by Gasteiger charge is 2.13. The minimum atomic E-state index is -0.391. The molecular weight excluding hydrogens is 593 g/mol. The number of carbonyl (C=O) groups is 2. The van der Waals surface area contributed by atoms with Crippen LogP contribution in [0.3, 0.4) is 0 Å². The van der Waals surface area contributed by atoms with Crippen LogP contribution in [-0.4, -0.2) is 44.1 Å². The van der Waals surface area contributed by atoms with Crippen LogP contribution in [-0.2, 0) is 20.8 Å². The van der Waals surface area contributed by atoms with Crippen molar-refractivity contribution >= 4 is 68.1 Å². The van der Waals surface area contributed by atoms with E-state index in [0.29, 0.717) is 51.8 Å². The van der Waals surface area contributed by atoms with E-state index in [1.54, 1.807) is 24.3 Å². The number of nitrogen functional groups attached to an aromatic ring is 1. The molecule has 0 bridgehead atoms. The Morgan fingerprint density at radius 3 is 2.13 bits per heavy atom. The fourth-order valence-electron chi connectivity index (χ4n) is 3.22. The molecule has 0 aliphatic rings. The lowest BCUT2D eigenvalue weighted by molar-refractivity contribution is -0.141. The third-order valence-electron chi connectivity index (χ3n) is 5.02. The second kappa shape index (κ2) is 16.2. The lowest BCUT2D eigenvalue weighted by atomic mass is 10.1. The van der Waals surface area contributed by atoms with Crippen LogP contribution < -0.4 is 11.1 Å². The Bertz CT molecular complexity index is 1190. The first-order valence-electron chi connectivity index (χ1n) is 11.9. The van der Waals surface area contributed by atoms with Crippen molar-refractivity contribution in [2.75, 3.05) is 38.4 Å². The maximum absolute atomic E-state index is 12.1. The maximum Gasteiger partial charge on any atom is 0.338 e. The number of rotatable bonds is 10. The Morgan fingerprint density at radius 2 is 1.55 bits per heavy atom. The maximum atomic E-state index is 12.1. The van der Waals surface area contributed by atoms with Gasteiger partial charge in [-0.1, -0.05) is 47.5 Å². The molecule has 7 nitrogen and oxygen atoms in total. The van der Waals surface area contributed by atoms with Gasteiger partial charge in [0.1, 0.15) is 0 Å². The topological polar surface area (TPSA) is 93.9 Å². The largest absolute Gasteiger partial charge is 0.466 e. The molecule has 10 heteroatoms. The van der Waals surface area contributed by atoms with Gasteiger partial charge in [0, 0.05) is 23.6 Å². The standard InChI is InChI=1S/C16H23BrN2O4.C12H9Cl2N/c1-11(20)22-6-4-5-7-23-16(21)12-8-13(10-19(2)3)15(18)14(17)9-12;13-10-7-4-8-11(14)12(10)15-9-5-2-1-3-6-9/h8-9H,4-7,10,18H2,1-3H3;1-8,15H. The van der Waals surface area contributed by atoms with Crippen LogP contribution in [0.15, 0.2) is 65.1 Å². The van der Waals surface area contributed by atoms with Crippen LogP contribution in [0.5, 0.6) is 0 Å². The highest BCUT2D eigenvalue weighted by atomic mass is 79.9. The molecule has 0 aromatic heterocycles. The second-order valence-corrected chi connectivity index (χ2v) is 10.2. The van der Waals surface area contributed by atoms with Gasteiger partial charge in [-0.2, -0.15) is 0 Å². The number of anilines is 3. The highest BCUT2D eigenvalue weighted by molar-refractivity contribution is 9.10. The SMILES string of the molecule is CC(=O)OCCCCOC(=O)c1cc(Br)c(N)c(CN(C)C)c1.Clc1cccc(Cl)c1Nc1ccccc1. The molecular formula is C28H32BrCl2N3O4. The van der Waals surface area contributed by atoms with E-state index in [9.17, 15) is 9.59 Å². The summed E-state index contributed by atoms with van der Waals surface area (Å²) in [4.78, 5) is 24.7. The lowest BCUT2D eigenvalue weighted by Crippen LogP contribution is -2.14. The van der Waals surface area contributed by atoms with E-state index in [1.165, 1.54) is 6.92 Å². The fourth-order valence-corrected chi connectivity index (χ4v) is 4.21. The molecule has 204 valence electrons. The molecule has 3 aromatic carbocycles. The zero-order chi connectivity index (χ0) is 28.1. The van der Waals surface area contributed by atoms with E-state index in [1.807, 2.05) is 55.4 Å². The fraction of sp³-hybridized carbons (Fsp3) is 0.286. The van der Waals surface area contributed by atoms with Crippen molar-refractivity contribution in [2.45, 2.75) is 26.3 Å². The minimum Gasteiger partial charge on any atom is -0.466 e. The molecule has 0 saturated heterocycles. The summed E-state index contributed by atoms with van der Waals surface area (Å²) in [5.41, 5.74) is 9.67. The van der Waals surface area contributed by atoms with Gasteiger partial charge < -0.3 is 25.4 Å². The molecule has 3 aromatic rings. The van der Waals surface area contributed by atoms with Gasteiger partial charge in [-0.25, -0.2) is 4.79 Å². The average molecular weight is 625 g/mol. The number of carbonyl (C=O) groups excluding carboxylic acids is 2. The van der Waals surface area contributed by atoms with Crippen molar-refractivity contribution in [3.05, 3.63) is 86.3 Å². The number of nitrogens with zero attached hydrogens (tertiary/aromatic N) is 1. The number of nitrogens with two attached hydrogens (primary N) is 1. The minimum absolute atomic E-state index is 0.283. The monoisotopic (exact) mass is 623 g/mol. The second-order valence-electron chi connectivity index (χ2n) is 8.54. The Hall–Kier alpha value is -2.78. The van der Waals surface area contributed by atoms with E-state index in [4.69, 9.17) is 38.4 Å². The summed E-state index contributed by atoms with van der Waals surface area (Å²) in [6.07, 6.45) is 1.30. The number of benzene rings is 3. The van der Waals surface area contributed by atoms with E-state index in [2.05, 4.69) is 21.2 Å². The number of hydrogen-bond donors (Lipinski definition) is 2. The van der Waals surface area contributed by atoms with Crippen molar-refractivity contribution in [3.63, 3.8) is 0 Å². The Balaban J connectivity index is 0.000000290. The van der Waals surface area contributed by atoms with Crippen LogP contribution >= 0.6 is 39.1 Å². The summed E-state index contributed by atoms with van der Waals surface area (Å²) in [5, 5.41) is 4.41. The molecule has 0 saturated carbocycles. The van der Waals surface area contributed by atoms with Crippen LogP contribution in [0.4, 0.5) is 17.1 Å². The molecule has 0 fully saturated rings. The molecule has 3 rings (SSSR count). The number of halogens is 3. The van der Waals surface area contributed by atoms with Gasteiger partial charge in [-0.05, 0) is 84.8 Å². The first-order valence-corrected chi connectivity index (χ1v) is 13.4. The van der Waals surface area contributed by atoms with Crippen molar-refractivity contribution < 1.29 is 19.1 Å². The quantitative estimate of drug-likeness (QED) is 0.139. The first-order chi connectivity index (χ1) is 18.1. The van der Waals surface area contributed by atoms with Crippen LogP contribution in [0.25, 0.3) is 0 Å². The van der Waals surface area contributed by atoms with E-state index in [-0.39, 0.29) is 12.6 Å². The molecule has 0 spiro atoms. The van der Waals surface area contributed by atoms with Crippen LogP contribution in [0, 0.1) is 0 Å². The summed E-state index contributed by atoms with van der Waals surface area (Å²) in [5.74, 6) is -0.694. The number of nitrogens with one attached hydrogen (secondary N) is 1. The van der Waals surface area contributed by atoms with Gasteiger partial charge in [-0.3, -0.25) is 4.79 Å². The van der Waals surface area contributed by atoms with Gasteiger partial charge in [0.15, 0.2) is 0 Å². The predicted octanol–water partition coefficient (Wildman–Crippen LogP) is 7.33. The van der Waals surface area contributed by atoms with Crippen LogP contribution in [0.1, 0.15) is 35.7 Å². The van der Waals surface area contributed by atoms with Crippen LogP contribution in [0.2, 0.25) is 10.0 Å². The lowest BCUT2D eigenvalue weighted by Gasteiger charge is -2.14. The number of ether oxygens (including phenoxy) is 2. The van der Waals surface area contributed by atoms with E-state index < -0.39 is 5.97 Å². The number of unbranched alkanes of at least 4 members (excludes halogenated alkanes) is 1. The summed E-state index contributed by atoms with van der Waals surface area (Å²) in [6.45, 7) is 2.62. The summed E-state index contributed by atoms with van der Waals surface area (Å²) < 4.78 is 10.7. The molecule has 0 amide bonds. The summed E-state index contributed by atoms with van der Waals surface area (Å²) in [7, 11) is 3.86. The molecule has 3 N–H and O–H groups in total. The molecule has 0 radical (unpaired) electrons. The van der Waals surface area contributed by atoms with Gasteiger partial charge >= 0.3 is 11.9 Å². The van der Waals surface area contributed by atoms with Gasteiger partial charge in [0.05, 0.1) is 40.2 Å².